The van der Waals surface area contributed by atoms with E-state index in [2.05, 4.69) is 16.0 Å². The molecule has 3 amide bonds. The summed E-state index contributed by atoms with van der Waals surface area (Å²) in [4.78, 5) is 37.3. The summed E-state index contributed by atoms with van der Waals surface area (Å²) < 4.78 is 28.0. The highest BCUT2D eigenvalue weighted by atomic mass is 32.2. The van der Waals surface area contributed by atoms with Gasteiger partial charge in [0.05, 0.1) is 17.9 Å². The minimum Gasteiger partial charge on any atom is -0.349 e. The maximum Gasteiger partial charge on any atom is 0.257 e. The molecule has 1 fully saturated rings. The van der Waals surface area contributed by atoms with E-state index in [1.165, 1.54) is 24.6 Å². The van der Waals surface area contributed by atoms with Crippen molar-refractivity contribution in [1.82, 2.24) is 15.1 Å². The predicted octanol–water partition coefficient (Wildman–Crippen LogP) is 4.26. The number of anilines is 2. The molecule has 2 heterocycles. The summed E-state index contributed by atoms with van der Waals surface area (Å²) in [5.41, 5.74) is 2.51. The van der Waals surface area contributed by atoms with Crippen molar-refractivity contribution < 1.29 is 23.2 Å². The van der Waals surface area contributed by atoms with E-state index in [-0.39, 0.29) is 17.9 Å². The number of amides is 3. The molecule has 8 nitrogen and oxygen atoms in total. The van der Waals surface area contributed by atoms with Crippen molar-refractivity contribution in [2.75, 3.05) is 22.6 Å². The molecule has 1 aromatic carbocycles. The van der Waals surface area contributed by atoms with E-state index in [1.807, 2.05) is 12.3 Å². The number of carbonyl (C=O) groups excluding carboxylic acids is 3. The van der Waals surface area contributed by atoms with Crippen LogP contribution in [0.2, 0.25) is 0 Å². The maximum absolute atomic E-state index is 13.1. The lowest BCUT2D eigenvalue weighted by Crippen LogP contribution is -2.41. The van der Waals surface area contributed by atoms with Gasteiger partial charge in [-0.1, -0.05) is 25.0 Å². The summed E-state index contributed by atoms with van der Waals surface area (Å²) in [5.74, 6) is -2.75. The van der Waals surface area contributed by atoms with Gasteiger partial charge in [0.25, 0.3) is 11.8 Å². The predicted molar refractivity (Wildman–Crippen MR) is 140 cm³/mol. The molecule has 2 aromatic rings. The second kappa shape index (κ2) is 11.6. The number of rotatable bonds is 12. The Balaban J connectivity index is 1.41. The molecular weight excluding hydrogens is 500 g/mol. The van der Waals surface area contributed by atoms with Crippen LogP contribution in [0.5, 0.6) is 0 Å². The number of alkyl halides is 2. The third kappa shape index (κ3) is 7.77. The second-order valence-electron chi connectivity index (χ2n) is 10.0. The lowest BCUT2D eigenvalue weighted by molar-refractivity contribution is -0.122. The molecule has 0 bridgehead atoms. The normalized spacial score (nSPS) is 17.2. The molecule has 200 valence electrons. The van der Waals surface area contributed by atoms with Gasteiger partial charge in [0.2, 0.25) is 11.8 Å². The van der Waals surface area contributed by atoms with Gasteiger partial charge in [0.1, 0.15) is 11.4 Å². The van der Waals surface area contributed by atoms with E-state index in [4.69, 9.17) is 5.10 Å². The van der Waals surface area contributed by atoms with E-state index in [9.17, 15) is 23.2 Å². The van der Waals surface area contributed by atoms with Crippen molar-refractivity contribution in [3.8, 4) is 0 Å². The largest absolute Gasteiger partial charge is 0.349 e. The number of aryl methyl sites for hydroxylation is 2. The molecule has 11 heteroatoms. The van der Waals surface area contributed by atoms with Gasteiger partial charge in [-0.3, -0.25) is 14.4 Å². The molecule has 0 spiro atoms. The van der Waals surface area contributed by atoms with E-state index >= 15 is 0 Å². The van der Waals surface area contributed by atoms with Crippen LogP contribution in [0.4, 0.5) is 20.3 Å². The highest BCUT2D eigenvalue weighted by Gasteiger charge is 2.33. The fourth-order valence-corrected chi connectivity index (χ4v) is 4.88. The average Bonchev–Trinajstić information content (AvgIpc) is 3.57. The topological polar surface area (TPSA) is 105 Å². The number of benzene rings is 1. The first-order chi connectivity index (χ1) is 17.6. The van der Waals surface area contributed by atoms with Crippen molar-refractivity contribution in [2.45, 2.75) is 70.4 Å². The van der Waals surface area contributed by atoms with Crippen LogP contribution in [-0.4, -0.2) is 51.5 Å². The number of hydrogen-bond acceptors (Lipinski definition) is 5. The van der Waals surface area contributed by atoms with E-state index < -0.39 is 18.3 Å². The molecule has 4 rings (SSSR count). The first kappa shape index (κ1) is 27.1. The smallest absolute Gasteiger partial charge is 0.257 e. The van der Waals surface area contributed by atoms with Crippen molar-refractivity contribution in [1.29, 1.82) is 0 Å². The summed E-state index contributed by atoms with van der Waals surface area (Å²) in [6.45, 7) is 1.37. The molecule has 2 aliphatic rings. The molecular formula is C26H33F2N5O3S. The third-order valence-corrected chi connectivity index (χ3v) is 7.02. The first-order valence-electron chi connectivity index (χ1n) is 12.6. The minimum absolute atomic E-state index is 0.140. The summed E-state index contributed by atoms with van der Waals surface area (Å²) in [6, 6.07) is 6.93. The molecule has 0 unspecified atom stereocenters. The fourth-order valence-electron chi connectivity index (χ4n) is 4.54. The zero-order valence-electron chi connectivity index (χ0n) is 21.1. The highest BCUT2D eigenvalue weighted by molar-refractivity contribution is 7.99. The van der Waals surface area contributed by atoms with Crippen molar-refractivity contribution in [2.24, 2.45) is 5.92 Å². The van der Waals surface area contributed by atoms with Gasteiger partial charge in [-0.2, -0.15) is 16.9 Å². The van der Waals surface area contributed by atoms with Gasteiger partial charge in [-0.05, 0) is 56.1 Å². The van der Waals surface area contributed by atoms with Crippen molar-refractivity contribution >= 4 is 41.0 Å². The average molecular weight is 534 g/mol. The van der Waals surface area contributed by atoms with E-state index in [1.54, 1.807) is 22.9 Å². The Kier molecular flexibility index (Phi) is 8.51. The molecule has 1 aliphatic carbocycles. The summed E-state index contributed by atoms with van der Waals surface area (Å²) >= 11 is 1.42. The number of fused-ring (bicyclic) bond motifs is 1. The van der Waals surface area contributed by atoms with Crippen LogP contribution < -0.4 is 16.0 Å². The Morgan fingerprint density at radius 3 is 2.70 bits per heavy atom. The molecule has 1 aromatic heterocycles. The van der Waals surface area contributed by atoms with E-state index in [0.717, 1.165) is 12.0 Å². The van der Waals surface area contributed by atoms with Gasteiger partial charge < -0.3 is 16.0 Å². The van der Waals surface area contributed by atoms with Crippen LogP contribution in [0.25, 0.3) is 0 Å². The van der Waals surface area contributed by atoms with Crippen LogP contribution in [0.15, 0.2) is 24.3 Å². The summed E-state index contributed by atoms with van der Waals surface area (Å²) in [6.07, 6.45) is 6.18. The highest BCUT2D eigenvalue weighted by Crippen LogP contribution is 2.34. The molecule has 1 saturated carbocycles. The minimum atomic E-state index is -3.07. The Morgan fingerprint density at radius 1 is 1.22 bits per heavy atom. The Hall–Kier alpha value is -2.95. The number of halogens is 2. The van der Waals surface area contributed by atoms with E-state index in [0.29, 0.717) is 67.2 Å². The van der Waals surface area contributed by atoms with Crippen molar-refractivity contribution in [3.63, 3.8) is 0 Å². The van der Waals surface area contributed by atoms with Crippen molar-refractivity contribution in [3.05, 3.63) is 41.1 Å². The Bertz CT molecular complexity index is 1160. The number of thioether (sulfide) groups is 1. The van der Waals surface area contributed by atoms with Gasteiger partial charge in [-0.25, -0.2) is 13.5 Å². The van der Waals surface area contributed by atoms with Crippen LogP contribution in [0.3, 0.4) is 0 Å². The molecule has 0 saturated heterocycles. The number of carbonyl (C=O) groups is 3. The standard InChI is InChI=1S/C26H33F2N5O3S/c1-26(27,28)14-21(34)29-18-5-3-4-17(12-18)8-9-19-13-20-23(25(36)30-19)24(31-22(35)15-37-2)33(32-20)11-10-16-6-7-16/h3-5,12,16,19H,6-11,13-15H2,1-2H3,(H,29,34)(H,30,36)(H,31,35)/t19-/m0/s1. The maximum atomic E-state index is 13.1. The number of nitrogens with zero attached hydrogens (tertiary/aromatic N) is 2. The number of aromatic nitrogens is 2. The van der Waals surface area contributed by atoms with Crippen LogP contribution in [0.1, 0.15) is 60.6 Å². The molecule has 0 radical (unpaired) electrons. The molecule has 1 aliphatic heterocycles. The van der Waals surface area contributed by atoms with Crippen LogP contribution in [-0.2, 0) is 29.0 Å². The van der Waals surface area contributed by atoms with Gasteiger partial charge >= 0.3 is 0 Å². The SMILES string of the molecule is CSCC(=O)Nc1c2c(nn1CCC1CC1)C[C@H](CCc1cccc(NC(=O)CC(C)(F)F)c1)NC2=O. The summed E-state index contributed by atoms with van der Waals surface area (Å²) in [7, 11) is 0. The van der Waals surface area contributed by atoms with Gasteiger partial charge in [0.15, 0.2) is 0 Å². The number of hydrogen-bond donors (Lipinski definition) is 3. The zero-order valence-corrected chi connectivity index (χ0v) is 21.9. The second-order valence-corrected chi connectivity index (χ2v) is 10.9. The molecule has 3 N–H and O–H groups in total. The number of nitrogens with one attached hydrogen (secondary N) is 3. The molecule has 1 atom stereocenters. The Morgan fingerprint density at radius 2 is 2.00 bits per heavy atom. The van der Waals surface area contributed by atoms with Crippen LogP contribution in [0, 0.1) is 5.92 Å². The zero-order chi connectivity index (χ0) is 26.6. The Labute approximate surface area is 219 Å². The molecule has 37 heavy (non-hydrogen) atoms. The lowest BCUT2D eigenvalue weighted by atomic mass is 9.96. The lowest BCUT2D eigenvalue weighted by Gasteiger charge is -2.23. The fraction of sp³-hybridized carbons (Fsp3) is 0.538. The van der Waals surface area contributed by atoms with Gasteiger partial charge in [-0.15, -0.1) is 0 Å². The van der Waals surface area contributed by atoms with Gasteiger partial charge in [0, 0.05) is 24.7 Å². The van der Waals surface area contributed by atoms with Crippen LogP contribution >= 0.6 is 11.8 Å². The quantitative estimate of drug-likeness (QED) is 0.378. The monoisotopic (exact) mass is 533 g/mol. The summed E-state index contributed by atoms with van der Waals surface area (Å²) in [5, 5.41) is 13.2. The first-order valence-corrected chi connectivity index (χ1v) is 14.0. The third-order valence-electron chi connectivity index (χ3n) is 6.47.